The van der Waals surface area contributed by atoms with E-state index in [2.05, 4.69) is 4.98 Å². The fourth-order valence-electron chi connectivity index (χ4n) is 1.87. The van der Waals surface area contributed by atoms with Gasteiger partial charge in [-0.1, -0.05) is 12.1 Å². The summed E-state index contributed by atoms with van der Waals surface area (Å²) in [5.74, 6) is 0.992. The van der Waals surface area contributed by atoms with Crippen LogP contribution in [0.25, 0.3) is 11.1 Å². The number of ketones is 1. The number of ether oxygens (including phenoxy) is 1. The Morgan fingerprint density at radius 1 is 1.37 bits per heavy atom. The van der Waals surface area contributed by atoms with Crippen molar-refractivity contribution in [2.24, 2.45) is 0 Å². The number of thiophene rings is 1. The summed E-state index contributed by atoms with van der Waals surface area (Å²) in [5.41, 5.74) is 1.46. The maximum atomic E-state index is 12.2. The smallest absolute Gasteiger partial charge is 0.203 e. The molecule has 0 saturated heterocycles. The van der Waals surface area contributed by atoms with Crippen molar-refractivity contribution >= 4 is 28.2 Å². The molecule has 3 aromatic rings. The Balaban J connectivity index is 1.86. The van der Waals surface area contributed by atoms with Gasteiger partial charge in [-0.2, -0.15) is 0 Å². The van der Waals surface area contributed by atoms with E-state index in [9.17, 15) is 4.79 Å². The number of hydrogen-bond donors (Lipinski definition) is 0. The molecule has 0 saturated carbocycles. The van der Waals surface area contributed by atoms with Crippen LogP contribution >= 0.6 is 11.3 Å². The number of fused-ring (bicyclic) bond motifs is 1. The number of benzene rings is 1. The van der Waals surface area contributed by atoms with Crippen LogP contribution < -0.4 is 4.74 Å². The van der Waals surface area contributed by atoms with E-state index >= 15 is 0 Å². The van der Waals surface area contributed by atoms with Gasteiger partial charge in [-0.3, -0.25) is 4.79 Å². The molecule has 5 heteroatoms. The predicted molar refractivity (Wildman–Crippen MR) is 72.9 cm³/mol. The van der Waals surface area contributed by atoms with E-state index in [0.29, 0.717) is 22.1 Å². The second-order valence-electron chi connectivity index (χ2n) is 3.99. The summed E-state index contributed by atoms with van der Waals surface area (Å²) in [5, 5.41) is 1.83. The molecule has 0 N–H and O–H groups in total. The van der Waals surface area contributed by atoms with Gasteiger partial charge >= 0.3 is 0 Å². The van der Waals surface area contributed by atoms with Crippen LogP contribution in [0.1, 0.15) is 15.6 Å². The van der Waals surface area contributed by atoms with E-state index in [1.165, 1.54) is 11.3 Å². The highest BCUT2D eigenvalue weighted by Gasteiger charge is 2.17. The lowest BCUT2D eigenvalue weighted by Gasteiger charge is -1.99. The van der Waals surface area contributed by atoms with Gasteiger partial charge in [-0.25, -0.2) is 4.98 Å². The minimum Gasteiger partial charge on any atom is -0.495 e. The molecule has 0 radical (unpaired) electrons. The highest BCUT2D eigenvalue weighted by atomic mass is 32.1. The van der Waals surface area contributed by atoms with Gasteiger partial charge in [0.25, 0.3) is 0 Å². The van der Waals surface area contributed by atoms with Crippen molar-refractivity contribution in [2.75, 3.05) is 7.11 Å². The Kier molecular flexibility index (Phi) is 3.05. The third-order valence-corrected chi connectivity index (χ3v) is 3.69. The van der Waals surface area contributed by atoms with E-state index in [4.69, 9.17) is 9.15 Å². The standard InChI is InChI=1S/C14H11NO3S/c1-17-12-6-7-19-14(12)10(16)8-13-15-9-4-2-3-5-11(9)18-13/h2-7H,8H2,1H3. The Hall–Kier alpha value is -2.14. The molecule has 96 valence electrons. The molecule has 4 nitrogen and oxygen atoms in total. The molecule has 1 aromatic carbocycles. The summed E-state index contributed by atoms with van der Waals surface area (Å²) in [7, 11) is 1.55. The number of rotatable bonds is 4. The lowest BCUT2D eigenvalue weighted by atomic mass is 10.2. The number of oxazole rings is 1. The van der Waals surface area contributed by atoms with E-state index in [1.54, 1.807) is 13.2 Å². The maximum Gasteiger partial charge on any atom is 0.203 e. The van der Waals surface area contributed by atoms with Crippen molar-refractivity contribution in [1.82, 2.24) is 4.98 Å². The molecule has 2 heterocycles. The molecule has 3 rings (SSSR count). The van der Waals surface area contributed by atoms with Crippen LogP contribution in [0, 0.1) is 0 Å². The maximum absolute atomic E-state index is 12.2. The lowest BCUT2D eigenvalue weighted by molar-refractivity contribution is 0.0987. The van der Waals surface area contributed by atoms with Crippen molar-refractivity contribution in [3.8, 4) is 5.75 Å². The van der Waals surface area contributed by atoms with Crippen LogP contribution in [0.15, 0.2) is 40.1 Å². The first-order chi connectivity index (χ1) is 9.28. The average Bonchev–Trinajstić information content (AvgIpc) is 3.03. The minimum absolute atomic E-state index is 0.0431. The first kappa shape index (κ1) is 11.9. The molecule has 0 spiro atoms. The minimum atomic E-state index is -0.0431. The molecule has 0 aliphatic carbocycles. The normalized spacial score (nSPS) is 10.8. The molecule has 0 unspecified atom stereocenters. The van der Waals surface area contributed by atoms with Gasteiger partial charge in [-0.05, 0) is 23.6 Å². The third-order valence-electron chi connectivity index (χ3n) is 2.75. The molecular weight excluding hydrogens is 262 g/mol. The predicted octanol–water partition coefficient (Wildman–Crippen LogP) is 3.32. The summed E-state index contributed by atoms with van der Waals surface area (Å²) in [6.45, 7) is 0. The molecular formula is C14H11NO3S. The van der Waals surface area contributed by atoms with Gasteiger partial charge in [-0.15, -0.1) is 11.3 Å². The van der Waals surface area contributed by atoms with Crippen molar-refractivity contribution in [2.45, 2.75) is 6.42 Å². The van der Waals surface area contributed by atoms with E-state index < -0.39 is 0 Å². The zero-order valence-corrected chi connectivity index (χ0v) is 11.1. The topological polar surface area (TPSA) is 52.3 Å². The van der Waals surface area contributed by atoms with Crippen LogP contribution in [0.3, 0.4) is 0 Å². The molecule has 0 fully saturated rings. The molecule has 2 aromatic heterocycles. The summed E-state index contributed by atoms with van der Waals surface area (Å²) >= 11 is 1.36. The molecule has 0 atom stereocenters. The number of nitrogens with zero attached hydrogens (tertiary/aromatic N) is 1. The second-order valence-corrected chi connectivity index (χ2v) is 4.91. The van der Waals surface area contributed by atoms with Gasteiger partial charge < -0.3 is 9.15 Å². The average molecular weight is 273 g/mol. The first-order valence-corrected chi connectivity index (χ1v) is 6.65. The van der Waals surface area contributed by atoms with E-state index in [0.717, 1.165) is 5.52 Å². The quantitative estimate of drug-likeness (QED) is 0.684. The zero-order chi connectivity index (χ0) is 13.2. The van der Waals surface area contributed by atoms with Crippen molar-refractivity contribution in [3.05, 3.63) is 46.5 Å². The van der Waals surface area contributed by atoms with Crippen LogP contribution in [0.2, 0.25) is 0 Å². The largest absolute Gasteiger partial charge is 0.495 e. The number of aromatic nitrogens is 1. The summed E-state index contributed by atoms with van der Waals surface area (Å²) in [6, 6.07) is 9.24. The Labute approximate surface area is 113 Å². The zero-order valence-electron chi connectivity index (χ0n) is 10.3. The van der Waals surface area contributed by atoms with Gasteiger partial charge in [0.15, 0.2) is 11.4 Å². The summed E-state index contributed by atoms with van der Waals surface area (Å²) in [4.78, 5) is 17.1. The van der Waals surface area contributed by atoms with Crippen molar-refractivity contribution in [3.63, 3.8) is 0 Å². The Morgan fingerprint density at radius 3 is 3.00 bits per heavy atom. The number of hydrogen-bond acceptors (Lipinski definition) is 5. The van der Waals surface area contributed by atoms with Crippen LogP contribution in [-0.2, 0) is 6.42 Å². The molecule has 0 bridgehead atoms. The number of carbonyl (C=O) groups excluding carboxylic acids is 1. The number of Topliss-reactive ketones (excluding diaryl/α,β-unsaturated/α-hetero) is 1. The Bertz CT molecular complexity index is 696. The van der Waals surface area contributed by atoms with Gasteiger partial charge in [0.2, 0.25) is 5.89 Å². The monoisotopic (exact) mass is 273 g/mol. The number of carbonyl (C=O) groups is 1. The van der Waals surface area contributed by atoms with Crippen LogP contribution in [0.4, 0.5) is 0 Å². The number of para-hydroxylation sites is 2. The second kappa shape index (κ2) is 4.85. The SMILES string of the molecule is COc1ccsc1C(=O)Cc1nc2ccccc2o1. The fourth-order valence-corrected chi connectivity index (χ4v) is 2.67. The van der Waals surface area contributed by atoms with Crippen LogP contribution in [0.5, 0.6) is 5.75 Å². The highest BCUT2D eigenvalue weighted by molar-refractivity contribution is 7.12. The molecule has 19 heavy (non-hydrogen) atoms. The highest BCUT2D eigenvalue weighted by Crippen LogP contribution is 2.26. The van der Waals surface area contributed by atoms with Gasteiger partial charge in [0.05, 0.1) is 13.5 Å². The summed E-state index contributed by atoms with van der Waals surface area (Å²) in [6.07, 6.45) is 0.144. The lowest BCUT2D eigenvalue weighted by Crippen LogP contribution is -2.03. The van der Waals surface area contributed by atoms with E-state index in [1.807, 2.05) is 29.6 Å². The van der Waals surface area contributed by atoms with Crippen molar-refractivity contribution in [1.29, 1.82) is 0 Å². The summed E-state index contributed by atoms with van der Waals surface area (Å²) < 4.78 is 10.7. The molecule has 0 amide bonds. The first-order valence-electron chi connectivity index (χ1n) is 5.77. The third kappa shape index (κ3) is 2.24. The van der Waals surface area contributed by atoms with Gasteiger partial charge in [0, 0.05) is 0 Å². The molecule has 0 aliphatic heterocycles. The molecule has 0 aliphatic rings. The van der Waals surface area contributed by atoms with Crippen LogP contribution in [-0.4, -0.2) is 17.9 Å². The number of methoxy groups -OCH3 is 1. The van der Waals surface area contributed by atoms with Gasteiger partial charge in [0.1, 0.15) is 16.1 Å². The van der Waals surface area contributed by atoms with Crippen molar-refractivity contribution < 1.29 is 13.9 Å². The van der Waals surface area contributed by atoms with E-state index in [-0.39, 0.29) is 12.2 Å². The fraction of sp³-hybridized carbons (Fsp3) is 0.143. The Morgan fingerprint density at radius 2 is 2.21 bits per heavy atom.